The normalized spacial score (nSPS) is 10.4. The fraction of sp³-hybridized carbons (Fsp3) is 0.182. The minimum absolute atomic E-state index is 0.142. The van der Waals surface area contributed by atoms with Crippen LogP contribution in [-0.2, 0) is 15.7 Å². The van der Waals surface area contributed by atoms with Crippen molar-refractivity contribution < 1.29 is 22.7 Å². The van der Waals surface area contributed by atoms with Crippen LogP contribution >= 0.6 is 0 Å². The highest BCUT2D eigenvalue weighted by molar-refractivity contribution is 5.89. The highest BCUT2D eigenvalue weighted by Gasteiger charge is 2.33. The lowest BCUT2D eigenvalue weighted by molar-refractivity contribution is -0.138. The predicted molar refractivity (Wildman–Crippen MR) is 54.8 cm³/mol. The van der Waals surface area contributed by atoms with Crippen LogP contribution in [0.15, 0.2) is 18.2 Å². The van der Waals surface area contributed by atoms with Crippen LogP contribution in [0.5, 0.6) is 0 Å². The number of esters is 1. The Labute approximate surface area is 95.4 Å². The summed E-state index contributed by atoms with van der Waals surface area (Å²) in [7, 11) is 1.08. The van der Waals surface area contributed by atoms with Crippen molar-refractivity contribution in [1.82, 2.24) is 0 Å². The van der Waals surface area contributed by atoms with Crippen LogP contribution in [-0.4, -0.2) is 13.1 Å². The molecule has 0 atom stereocenters. The van der Waals surface area contributed by atoms with E-state index in [2.05, 4.69) is 10.7 Å². The third-order valence-electron chi connectivity index (χ3n) is 1.88. The smallest absolute Gasteiger partial charge is 0.417 e. The molecule has 0 saturated carbocycles. The minimum Gasteiger partial charge on any atom is -0.459 e. The molecule has 0 aliphatic rings. The van der Waals surface area contributed by atoms with Gasteiger partial charge in [-0.2, -0.15) is 13.2 Å². The number of anilines is 1. The maximum Gasteiger partial charge on any atom is 0.417 e. The van der Waals surface area contributed by atoms with Crippen molar-refractivity contribution in [3.8, 4) is 11.8 Å². The van der Waals surface area contributed by atoms with Gasteiger partial charge >= 0.3 is 12.1 Å². The number of halogens is 3. The number of rotatable bonds is 0. The van der Waals surface area contributed by atoms with Crippen LogP contribution in [0.1, 0.15) is 11.1 Å². The number of carbonyl (C=O) groups excluding carboxylic acids is 1. The number of nitrogens with two attached hydrogens (primary N) is 1. The van der Waals surface area contributed by atoms with E-state index >= 15 is 0 Å². The van der Waals surface area contributed by atoms with E-state index in [4.69, 9.17) is 5.73 Å². The fourth-order valence-corrected chi connectivity index (χ4v) is 1.11. The first-order valence-corrected chi connectivity index (χ1v) is 4.42. The second-order valence-electron chi connectivity index (χ2n) is 3.01. The van der Waals surface area contributed by atoms with E-state index in [0.29, 0.717) is 0 Å². The van der Waals surface area contributed by atoms with E-state index < -0.39 is 23.3 Å². The average Bonchev–Trinajstić information content (AvgIpc) is 2.25. The molecule has 0 heterocycles. The zero-order valence-electron chi connectivity index (χ0n) is 8.76. The van der Waals surface area contributed by atoms with Crippen molar-refractivity contribution in [3.05, 3.63) is 29.3 Å². The Morgan fingerprint density at radius 1 is 1.41 bits per heavy atom. The summed E-state index contributed by atoms with van der Waals surface area (Å²) in [5.41, 5.74) is 3.85. The summed E-state index contributed by atoms with van der Waals surface area (Å²) in [6, 6.07) is 3.29. The van der Waals surface area contributed by atoms with Crippen LogP contribution in [0.3, 0.4) is 0 Å². The molecule has 0 unspecified atom stereocenters. The van der Waals surface area contributed by atoms with Crippen molar-refractivity contribution in [3.63, 3.8) is 0 Å². The van der Waals surface area contributed by atoms with E-state index in [9.17, 15) is 18.0 Å². The van der Waals surface area contributed by atoms with Gasteiger partial charge in [-0.05, 0) is 12.1 Å². The monoisotopic (exact) mass is 243 g/mol. The number of ether oxygens (including phenoxy) is 1. The molecule has 0 aliphatic carbocycles. The third-order valence-corrected chi connectivity index (χ3v) is 1.88. The van der Waals surface area contributed by atoms with E-state index in [1.165, 1.54) is 12.1 Å². The minimum atomic E-state index is -4.57. The number of hydrogen-bond donors (Lipinski definition) is 1. The van der Waals surface area contributed by atoms with Crippen LogP contribution in [0, 0.1) is 11.8 Å². The zero-order chi connectivity index (χ0) is 13.1. The largest absolute Gasteiger partial charge is 0.459 e. The molecule has 2 N–H and O–H groups in total. The summed E-state index contributed by atoms with van der Waals surface area (Å²) >= 11 is 0. The van der Waals surface area contributed by atoms with E-state index in [0.717, 1.165) is 13.2 Å². The number of alkyl halides is 3. The van der Waals surface area contributed by atoms with Gasteiger partial charge in [0.15, 0.2) is 0 Å². The maximum absolute atomic E-state index is 12.6. The Hall–Kier alpha value is -2.16. The number of nitrogen functional groups attached to an aromatic ring is 1. The molecule has 0 saturated heterocycles. The molecule has 90 valence electrons. The fourth-order valence-electron chi connectivity index (χ4n) is 1.11. The molecule has 1 aromatic carbocycles. The predicted octanol–water partition coefficient (Wildman–Crippen LogP) is 1.81. The Kier molecular flexibility index (Phi) is 3.63. The van der Waals surface area contributed by atoms with Gasteiger partial charge in [0, 0.05) is 11.6 Å². The van der Waals surface area contributed by atoms with Gasteiger partial charge in [0.05, 0.1) is 18.2 Å². The molecule has 0 aromatic heterocycles. The molecule has 0 radical (unpaired) electrons. The molecule has 0 aliphatic heterocycles. The summed E-state index contributed by atoms with van der Waals surface area (Å²) < 4.78 is 42.0. The average molecular weight is 243 g/mol. The molecule has 17 heavy (non-hydrogen) atoms. The van der Waals surface area contributed by atoms with Gasteiger partial charge in [-0.3, -0.25) is 0 Å². The van der Waals surface area contributed by atoms with Gasteiger partial charge in [0.2, 0.25) is 0 Å². The molecule has 1 rings (SSSR count). The quantitative estimate of drug-likeness (QED) is 0.429. The molecule has 0 amide bonds. The summed E-state index contributed by atoms with van der Waals surface area (Å²) in [5.74, 6) is 3.05. The summed E-state index contributed by atoms with van der Waals surface area (Å²) in [5, 5.41) is 0. The first-order chi connectivity index (χ1) is 7.86. The lowest BCUT2D eigenvalue weighted by Gasteiger charge is -2.10. The van der Waals surface area contributed by atoms with Crippen molar-refractivity contribution in [2.75, 3.05) is 12.8 Å². The Balaban J connectivity index is 3.30. The first kappa shape index (κ1) is 12.9. The molecule has 0 fully saturated rings. The Bertz CT molecular complexity index is 498. The maximum atomic E-state index is 12.6. The van der Waals surface area contributed by atoms with Crippen molar-refractivity contribution >= 4 is 11.7 Å². The van der Waals surface area contributed by atoms with Crippen molar-refractivity contribution in [2.24, 2.45) is 0 Å². The van der Waals surface area contributed by atoms with Gasteiger partial charge < -0.3 is 10.5 Å². The molecule has 3 nitrogen and oxygen atoms in total. The number of benzene rings is 1. The topological polar surface area (TPSA) is 52.3 Å². The first-order valence-electron chi connectivity index (χ1n) is 4.42. The summed E-state index contributed by atoms with van der Waals surface area (Å²) in [6.45, 7) is 0. The van der Waals surface area contributed by atoms with Crippen LogP contribution < -0.4 is 5.73 Å². The SMILES string of the molecule is COC(=O)C#Cc1c(N)cccc1C(F)(F)F. The highest BCUT2D eigenvalue weighted by atomic mass is 19.4. The Morgan fingerprint density at radius 3 is 2.59 bits per heavy atom. The third kappa shape index (κ3) is 3.14. The second-order valence-corrected chi connectivity index (χ2v) is 3.01. The molecule has 0 spiro atoms. The van der Waals surface area contributed by atoms with Gasteiger partial charge in [0.1, 0.15) is 0 Å². The van der Waals surface area contributed by atoms with E-state index in [1.807, 2.05) is 5.92 Å². The highest BCUT2D eigenvalue weighted by Crippen LogP contribution is 2.33. The lowest BCUT2D eigenvalue weighted by Crippen LogP contribution is -2.09. The van der Waals surface area contributed by atoms with Crippen LogP contribution in [0.4, 0.5) is 18.9 Å². The van der Waals surface area contributed by atoms with Gasteiger partial charge in [-0.1, -0.05) is 12.0 Å². The number of hydrogen-bond acceptors (Lipinski definition) is 3. The number of methoxy groups -OCH3 is 1. The van der Waals surface area contributed by atoms with Crippen LogP contribution in [0.25, 0.3) is 0 Å². The van der Waals surface area contributed by atoms with Gasteiger partial charge in [0.25, 0.3) is 0 Å². The van der Waals surface area contributed by atoms with Crippen molar-refractivity contribution in [1.29, 1.82) is 0 Å². The molecular weight excluding hydrogens is 235 g/mol. The van der Waals surface area contributed by atoms with E-state index in [1.54, 1.807) is 0 Å². The van der Waals surface area contributed by atoms with E-state index in [-0.39, 0.29) is 5.69 Å². The molecule has 0 bridgehead atoms. The Morgan fingerprint density at radius 2 is 2.06 bits per heavy atom. The molecule has 1 aromatic rings. The summed E-state index contributed by atoms with van der Waals surface area (Å²) in [4.78, 5) is 10.7. The zero-order valence-corrected chi connectivity index (χ0v) is 8.76. The standard InChI is InChI=1S/C11H8F3NO2/c1-17-10(16)6-5-7-8(11(12,13)14)3-2-4-9(7)15/h2-4H,15H2,1H3. The lowest BCUT2D eigenvalue weighted by atomic mass is 10.1. The molecule has 6 heteroatoms. The summed E-state index contributed by atoms with van der Waals surface area (Å²) in [6.07, 6.45) is -4.57. The van der Waals surface area contributed by atoms with Crippen molar-refractivity contribution in [2.45, 2.75) is 6.18 Å². The van der Waals surface area contributed by atoms with Gasteiger partial charge in [-0.25, -0.2) is 4.79 Å². The van der Waals surface area contributed by atoms with Crippen LogP contribution in [0.2, 0.25) is 0 Å². The second kappa shape index (κ2) is 4.78. The van der Waals surface area contributed by atoms with Gasteiger partial charge in [-0.15, -0.1) is 0 Å². The number of carbonyl (C=O) groups is 1. The molecular formula is C11H8F3NO2.